The highest BCUT2D eigenvalue weighted by Gasteiger charge is 2.32. The van der Waals surface area contributed by atoms with Gasteiger partial charge in [-0.2, -0.15) is 13.2 Å². The summed E-state index contributed by atoms with van der Waals surface area (Å²) in [5, 5.41) is 3.27. The Hall–Kier alpha value is -1.07. The second-order valence-corrected chi connectivity index (χ2v) is 6.57. The molecule has 0 bridgehead atoms. The predicted molar refractivity (Wildman–Crippen MR) is 119 cm³/mol. The van der Waals surface area contributed by atoms with Crippen molar-refractivity contribution in [2.24, 2.45) is 4.99 Å². The van der Waals surface area contributed by atoms with Gasteiger partial charge in [0, 0.05) is 32.8 Å². The van der Waals surface area contributed by atoms with Crippen LogP contribution in [-0.4, -0.2) is 56.9 Å². The number of benzene rings is 1. The molecule has 29 heavy (non-hydrogen) atoms. The maximum atomic E-state index is 13.0. The lowest BCUT2D eigenvalue weighted by Gasteiger charge is -2.35. The Morgan fingerprint density at radius 3 is 2.79 bits per heavy atom. The zero-order valence-electron chi connectivity index (χ0n) is 17.0. The molecule has 0 amide bonds. The molecule has 1 fully saturated rings. The van der Waals surface area contributed by atoms with Gasteiger partial charge in [0.25, 0.3) is 0 Å². The molecule has 1 aliphatic heterocycles. The first kappa shape index (κ1) is 26.0. The third-order valence-electron chi connectivity index (χ3n) is 4.45. The van der Waals surface area contributed by atoms with Gasteiger partial charge in [0.1, 0.15) is 6.10 Å². The summed E-state index contributed by atoms with van der Waals surface area (Å²) in [5.74, 6) is 0.777. The molecule has 5 nitrogen and oxygen atoms in total. The predicted octanol–water partition coefficient (Wildman–Crippen LogP) is 4.48. The Morgan fingerprint density at radius 2 is 2.10 bits per heavy atom. The van der Waals surface area contributed by atoms with Crippen LogP contribution in [0.5, 0.6) is 0 Å². The summed E-state index contributed by atoms with van der Waals surface area (Å²) in [7, 11) is 0. The van der Waals surface area contributed by atoms with Crippen molar-refractivity contribution in [3.05, 3.63) is 35.4 Å². The summed E-state index contributed by atoms with van der Waals surface area (Å²) >= 11 is 0. The van der Waals surface area contributed by atoms with Crippen LogP contribution in [-0.2, 0) is 15.7 Å². The monoisotopic (exact) mass is 529 g/mol. The lowest BCUT2D eigenvalue weighted by atomic mass is 10.0. The van der Waals surface area contributed by atoms with Crippen molar-refractivity contribution >= 4 is 29.9 Å². The molecule has 1 saturated heterocycles. The molecule has 0 radical (unpaired) electrons. The number of alkyl halides is 3. The number of morpholine rings is 1. The largest absolute Gasteiger partial charge is 0.416 e. The summed E-state index contributed by atoms with van der Waals surface area (Å²) in [6, 6.07) is 5.36. The number of hydrogen-bond acceptors (Lipinski definition) is 3. The van der Waals surface area contributed by atoms with Crippen LogP contribution >= 0.6 is 24.0 Å². The topological polar surface area (TPSA) is 46.1 Å². The Morgan fingerprint density at radius 1 is 1.31 bits per heavy atom. The van der Waals surface area contributed by atoms with E-state index in [9.17, 15) is 13.2 Å². The van der Waals surface area contributed by atoms with E-state index >= 15 is 0 Å². The molecule has 1 unspecified atom stereocenters. The first-order chi connectivity index (χ1) is 13.5. The summed E-state index contributed by atoms with van der Waals surface area (Å²) in [6.07, 6.45) is -2.90. The molecule has 1 aromatic carbocycles. The van der Waals surface area contributed by atoms with Crippen LogP contribution in [0.1, 0.15) is 43.9 Å². The zero-order valence-corrected chi connectivity index (χ0v) is 19.3. The molecular weight excluding hydrogens is 498 g/mol. The van der Waals surface area contributed by atoms with Crippen LogP contribution in [0.25, 0.3) is 0 Å². The van der Waals surface area contributed by atoms with E-state index in [-0.39, 0.29) is 24.0 Å². The molecule has 0 aliphatic carbocycles. The third kappa shape index (κ3) is 8.67. The van der Waals surface area contributed by atoms with Crippen LogP contribution in [0.15, 0.2) is 29.3 Å². The summed E-state index contributed by atoms with van der Waals surface area (Å²) in [6.45, 7) is 8.39. The summed E-state index contributed by atoms with van der Waals surface area (Å²) in [5.41, 5.74) is -0.118. The van der Waals surface area contributed by atoms with Crippen molar-refractivity contribution < 1.29 is 22.6 Å². The smallest absolute Gasteiger partial charge is 0.382 e. The van der Waals surface area contributed by atoms with Gasteiger partial charge in [-0.3, -0.25) is 4.99 Å². The fraction of sp³-hybridized carbons (Fsp3) is 0.650. The van der Waals surface area contributed by atoms with E-state index in [1.807, 2.05) is 13.8 Å². The SMILES string of the molecule is CCNC(=NCCCCOCC)N1CCOC(c2cccc(C(F)(F)F)c2)C1.I. The minimum Gasteiger partial charge on any atom is -0.382 e. The van der Waals surface area contributed by atoms with Crippen molar-refractivity contribution in [1.29, 1.82) is 0 Å². The van der Waals surface area contributed by atoms with E-state index in [0.29, 0.717) is 31.8 Å². The molecule has 1 aromatic rings. The zero-order chi connectivity index (χ0) is 20.4. The number of ether oxygens (including phenoxy) is 2. The normalized spacial score (nSPS) is 17.8. The van der Waals surface area contributed by atoms with Crippen LogP contribution in [0.3, 0.4) is 0 Å². The lowest BCUT2D eigenvalue weighted by Crippen LogP contribution is -2.48. The van der Waals surface area contributed by atoms with Crippen molar-refractivity contribution in [1.82, 2.24) is 10.2 Å². The molecule has 0 aromatic heterocycles. The van der Waals surface area contributed by atoms with Gasteiger partial charge >= 0.3 is 6.18 Å². The van der Waals surface area contributed by atoms with Crippen LogP contribution in [0.4, 0.5) is 13.2 Å². The number of rotatable bonds is 8. The maximum absolute atomic E-state index is 13.0. The highest BCUT2D eigenvalue weighted by Crippen LogP contribution is 2.32. The molecule has 1 aliphatic rings. The number of nitrogens with one attached hydrogen (secondary N) is 1. The van der Waals surface area contributed by atoms with Crippen LogP contribution in [0, 0.1) is 0 Å². The van der Waals surface area contributed by atoms with Crippen molar-refractivity contribution in [3.8, 4) is 0 Å². The fourth-order valence-corrected chi connectivity index (χ4v) is 3.03. The van der Waals surface area contributed by atoms with E-state index in [2.05, 4.69) is 15.2 Å². The summed E-state index contributed by atoms with van der Waals surface area (Å²) in [4.78, 5) is 6.72. The van der Waals surface area contributed by atoms with Gasteiger partial charge in [-0.25, -0.2) is 0 Å². The van der Waals surface area contributed by atoms with Gasteiger partial charge in [0.05, 0.1) is 18.7 Å². The molecule has 2 rings (SSSR count). The Kier molecular flexibility index (Phi) is 11.9. The van der Waals surface area contributed by atoms with E-state index in [1.54, 1.807) is 6.07 Å². The average molecular weight is 529 g/mol. The van der Waals surface area contributed by atoms with E-state index in [0.717, 1.165) is 44.6 Å². The minimum absolute atomic E-state index is 0. The molecule has 0 spiro atoms. The number of halogens is 4. The Labute approximate surface area is 188 Å². The van der Waals surface area contributed by atoms with Gasteiger partial charge in [0.15, 0.2) is 5.96 Å². The maximum Gasteiger partial charge on any atom is 0.416 e. The minimum atomic E-state index is -4.36. The highest BCUT2D eigenvalue weighted by atomic mass is 127. The Bertz CT molecular complexity index is 629. The standard InChI is InChI=1S/C20H30F3N3O2.HI/c1-3-24-19(25-10-5-6-12-27-4-2)26-11-13-28-18(15-26)16-8-7-9-17(14-16)20(21,22)23;/h7-9,14,18H,3-6,10-13,15H2,1-2H3,(H,24,25);1H. The molecule has 9 heteroatoms. The number of unbranched alkanes of at least 4 members (excludes halogenated alkanes) is 1. The van der Waals surface area contributed by atoms with Crippen molar-refractivity contribution in [3.63, 3.8) is 0 Å². The quantitative estimate of drug-likeness (QED) is 0.234. The van der Waals surface area contributed by atoms with Gasteiger partial charge < -0.3 is 19.7 Å². The van der Waals surface area contributed by atoms with Crippen molar-refractivity contribution in [2.75, 3.05) is 46.0 Å². The van der Waals surface area contributed by atoms with E-state index < -0.39 is 17.8 Å². The molecule has 1 heterocycles. The molecule has 0 saturated carbocycles. The second-order valence-electron chi connectivity index (χ2n) is 6.57. The number of guanidine groups is 1. The second kappa shape index (κ2) is 13.3. The third-order valence-corrected chi connectivity index (χ3v) is 4.45. The number of aliphatic imine (C=N–C) groups is 1. The molecule has 166 valence electrons. The highest BCUT2D eigenvalue weighted by molar-refractivity contribution is 14.0. The van der Waals surface area contributed by atoms with Gasteiger partial charge in [-0.1, -0.05) is 12.1 Å². The van der Waals surface area contributed by atoms with E-state index in [4.69, 9.17) is 9.47 Å². The van der Waals surface area contributed by atoms with E-state index in [1.165, 1.54) is 12.1 Å². The lowest BCUT2D eigenvalue weighted by molar-refractivity contribution is -0.137. The number of hydrogen-bond donors (Lipinski definition) is 1. The summed E-state index contributed by atoms with van der Waals surface area (Å²) < 4.78 is 50.1. The molecular formula is C20H31F3IN3O2. The average Bonchev–Trinajstić information content (AvgIpc) is 2.69. The fourth-order valence-electron chi connectivity index (χ4n) is 3.03. The van der Waals surface area contributed by atoms with Gasteiger partial charge in [-0.05, 0) is 44.4 Å². The van der Waals surface area contributed by atoms with Gasteiger partial charge in [-0.15, -0.1) is 24.0 Å². The number of nitrogens with zero attached hydrogens (tertiary/aromatic N) is 2. The Balaban J connectivity index is 0.00000420. The van der Waals surface area contributed by atoms with Crippen LogP contribution in [0.2, 0.25) is 0 Å². The van der Waals surface area contributed by atoms with Gasteiger partial charge in [0.2, 0.25) is 0 Å². The first-order valence-electron chi connectivity index (χ1n) is 9.85. The van der Waals surface area contributed by atoms with Crippen molar-refractivity contribution in [2.45, 2.75) is 39.0 Å². The molecule has 1 N–H and O–H groups in total. The molecule has 1 atom stereocenters. The van der Waals surface area contributed by atoms with Crippen LogP contribution < -0.4 is 5.32 Å². The first-order valence-corrected chi connectivity index (χ1v) is 9.85.